The molecule has 0 spiro atoms. The lowest BCUT2D eigenvalue weighted by atomic mass is 10.1. The zero-order valence-electron chi connectivity index (χ0n) is 16.2. The fourth-order valence-electron chi connectivity index (χ4n) is 3.12. The minimum Gasteiger partial charge on any atom is -0.346 e. The second-order valence-corrected chi connectivity index (χ2v) is 7.74. The Labute approximate surface area is 158 Å². The Hall–Kier alpha value is -2.90. The van der Waals surface area contributed by atoms with Crippen LogP contribution in [0.1, 0.15) is 48.8 Å². The quantitative estimate of drug-likeness (QED) is 0.858. The number of aromatic nitrogens is 2. The molecule has 1 fully saturated rings. The number of nitrogens with one attached hydrogen (secondary N) is 1. The van der Waals surface area contributed by atoms with Gasteiger partial charge in [-0.05, 0) is 32.9 Å². The van der Waals surface area contributed by atoms with Gasteiger partial charge in [0.25, 0.3) is 11.8 Å². The van der Waals surface area contributed by atoms with Crippen LogP contribution in [-0.2, 0) is 4.79 Å². The van der Waals surface area contributed by atoms with Crippen molar-refractivity contribution in [1.82, 2.24) is 24.5 Å². The SMILES string of the molecule is CC(=O)N1CCN(C(=O)c2nc(C(=O)NC(C)(C)C)c3ccccn23)CC1. The van der Waals surface area contributed by atoms with Crippen LogP contribution in [0.4, 0.5) is 0 Å². The van der Waals surface area contributed by atoms with Gasteiger partial charge in [-0.3, -0.25) is 18.8 Å². The van der Waals surface area contributed by atoms with Crippen LogP contribution in [0.5, 0.6) is 0 Å². The van der Waals surface area contributed by atoms with Crippen LogP contribution in [0.3, 0.4) is 0 Å². The van der Waals surface area contributed by atoms with Crippen molar-refractivity contribution in [2.75, 3.05) is 26.2 Å². The maximum Gasteiger partial charge on any atom is 0.290 e. The molecular formula is C19H25N5O3. The smallest absolute Gasteiger partial charge is 0.290 e. The van der Waals surface area contributed by atoms with Crippen LogP contribution in [0.15, 0.2) is 24.4 Å². The van der Waals surface area contributed by atoms with E-state index in [-0.39, 0.29) is 29.2 Å². The fraction of sp³-hybridized carbons (Fsp3) is 0.474. The van der Waals surface area contributed by atoms with E-state index in [1.165, 1.54) is 6.92 Å². The van der Waals surface area contributed by atoms with Gasteiger partial charge in [0, 0.05) is 44.8 Å². The molecule has 0 aromatic carbocycles. The predicted molar refractivity (Wildman–Crippen MR) is 101 cm³/mol. The van der Waals surface area contributed by atoms with Crippen molar-refractivity contribution in [3.05, 3.63) is 35.9 Å². The van der Waals surface area contributed by atoms with E-state index in [4.69, 9.17) is 0 Å². The summed E-state index contributed by atoms with van der Waals surface area (Å²) in [6.07, 6.45) is 1.73. The Morgan fingerprint density at radius 3 is 2.26 bits per heavy atom. The molecular weight excluding hydrogens is 346 g/mol. The maximum absolute atomic E-state index is 13.0. The lowest BCUT2D eigenvalue weighted by molar-refractivity contribution is -0.130. The van der Waals surface area contributed by atoms with E-state index in [0.29, 0.717) is 31.7 Å². The van der Waals surface area contributed by atoms with Crippen LogP contribution in [0, 0.1) is 0 Å². The van der Waals surface area contributed by atoms with Crippen molar-refractivity contribution in [3.8, 4) is 0 Å². The first-order valence-corrected chi connectivity index (χ1v) is 9.02. The van der Waals surface area contributed by atoms with Gasteiger partial charge in [0.2, 0.25) is 11.7 Å². The summed E-state index contributed by atoms with van der Waals surface area (Å²) in [7, 11) is 0. The summed E-state index contributed by atoms with van der Waals surface area (Å²) in [5, 5.41) is 2.89. The summed E-state index contributed by atoms with van der Waals surface area (Å²) in [5.74, 6) is -0.337. The van der Waals surface area contributed by atoms with E-state index >= 15 is 0 Å². The molecule has 1 aliphatic heterocycles. The van der Waals surface area contributed by atoms with Gasteiger partial charge < -0.3 is 15.1 Å². The molecule has 144 valence electrons. The molecule has 0 radical (unpaired) electrons. The van der Waals surface area contributed by atoms with Crippen LogP contribution in [0.25, 0.3) is 5.52 Å². The third-order valence-corrected chi connectivity index (χ3v) is 4.46. The number of piperazine rings is 1. The number of pyridine rings is 1. The number of fused-ring (bicyclic) bond motifs is 1. The van der Waals surface area contributed by atoms with E-state index < -0.39 is 5.54 Å². The van der Waals surface area contributed by atoms with Gasteiger partial charge in [0.1, 0.15) is 0 Å². The largest absolute Gasteiger partial charge is 0.346 e. The average molecular weight is 371 g/mol. The van der Waals surface area contributed by atoms with Crippen molar-refractivity contribution in [2.45, 2.75) is 33.2 Å². The van der Waals surface area contributed by atoms with Crippen molar-refractivity contribution >= 4 is 23.2 Å². The summed E-state index contributed by atoms with van der Waals surface area (Å²) < 4.78 is 1.65. The summed E-state index contributed by atoms with van der Waals surface area (Å²) >= 11 is 0. The topological polar surface area (TPSA) is 87.0 Å². The minimum atomic E-state index is -0.408. The molecule has 1 N–H and O–H groups in total. The fourth-order valence-corrected chi connectivity index (χ4v) is 3.12. The molecule has 2 aromatic heterocycles. The van der Waals surface area contributed by atoms with Gasteiger partial charge in [-0.1, -0.05) is 6.07 Å². The Morgan fingerprint density at radius 1 is 1.04 bits per heavy atom. The first-order valence-electron chi connectivity index (χ1n) is 9.02. The second kappa shape index (κ2) is 7.02. The van der Waals surface area contributed by atoms with Crippen LogP contribution < -0.4 is 5.32 Å². The third-order valence-electron chi connectivity index (χ3n) is 4.46. The number of imidazole rings is 1. The Morgan fingerprint density at radius 2 is 1.67 bits per heavy atom. The van der Waals surface area contributed by atoms with Gasteiger partial charge in [0.05, 0.1) is 5.52 Å². The average Bonchev–Trinajstić information content (AvgIpc) is 2.99. The molecule has 8 nitrogen and oxygen atoms in total. The van der Waals surface area contributed by atoms with Gasteiger partial charge in [-0.15, -0.1) is 0 Å². The van der Waals surface area contributed by atoms with Crippen molar-refractivity contribution < 1.29 is 14.4 Å². The van der Waals surface area contributed by atoms with Gasteiger partial charge in [0.15, 0.2) is 5.69 Å². The zero-order chi connectivity index (χ0) is 19.8. The molecule has 0 atom stereocenters. The van der Waals surface area contributed by atoms with Crippen LogP contribution >= 0.6 is 0 Å². The number of nitrogens with zero attached hydrogens (tertiary/aromatic N) is 4. The molecule has 1 aliphatic rings. The van der Waals surface area contributed by atoms with Crippen molar-refractivity contribution in [1.29, 1.82) is 0 Å². The highest BCUT2D eigenvalue weighted by molar-refractivity contribution is 6.02. The summed E-state index contributed by atoms with van der Waals surface area (Å²) in [6, 6.07) is 5.38. The monoisotopic (exact) mass is 371 g/mol. The van der Waals surface area contributed by atoms with Crippen molar-refractivity contribution in [2.24, 2.45) is 0 Å². The Balaban J connectivity index is 1.90. The number of hydrogen-bond acceptors (Lipinski definition) is 4. The lowest BCUT2D eigenvalue weighted by Gasteiger charge is -2.33. The molecule has 27 heavy (non-hydrogen) atoms. The molecule has 0 saturated carbocycles. The lowest BCUT2D eigenvalue weighted by Crippen LogP contribution is -2.50. The molecule has 1 saturated heterocycles. The molecule has 0 unspecified atom stereocenters. The number of rotatable bonds is 2. The van der Waals surface area contributed by atoms with E-state index in [9.17, 15) is 14.4 Å². The van der Waals surface area contributed by atoms with E-state index in [1.54, 1.807) is 32.5 Å². The van der Waals surface area contributed by atoms with Crippen LogP contribution in [-0.4, -0.2) is 68.6 Å². The summed E-state index contributed by atoms with van der Waals surface area (Å²) in [5.41, 5.74) is 0.413. The second-order valence-electron chi connectivity index (χ2n) is 7.74. The number of hydrogen-bond donors (Lipinski definition) is 1. The Bertz CT molecular complexity index is 888. The van der Waals surface area contributed by atoms with E-state index in [2.05, 4.69) is 10.3 Å². The highest BCUT2D eigenvalue weighted by atomic mass is 16.2. The maximum atomic E-state index is 13.0. The highest BCUT2D eigenvalue weighted by Crippen LogP contribution is 2.17. The molecule has 3 heterocycles. The molecule has 0 bridgehead atoms. The molecule has 3 amide bonds. The first-order chi connectivity index (χ1) is 12.7. The molecule has 3 rings (SSSR count). The molecule has 0 aliphatic carbocycles. The normalized spacial score (nSPS) is 15.1. The Kier molecular flexibility index (Phi) is 4.91. The van der Waals surface area contributed by atoms with Gasteiger partial charge in [-0.2, -0.15) is 0 Å². The number of amides is 3. The number of carbonyl (C=O) groups is 3. The molecule has 2 aromatic rings. The third kappa shape index (κ3) is 3.94. The van der Waals surface area contributed by atoms with Crippen LogP contribution in [0.2, 0.25) is 0 Å². The highest BCUT2D eigenvalue weighted by Gasteiger charge is 2.29. The standard InChI is InChI=1S/C19H25N5O3/c1-13(25)22-9-11-23(12-10-22)18(27)16-20-15(17(26)21-19(2,3)4)14-7-5-6-8-24(14)16/h5-8H,9-12H2,1-4H3,(H,21,26). The minimum absolute atomic E-state index is 0.00879. The number of carbonyl (C=O) groups excluding carboxylic acids is 3. The first kappa shape index (κ1) is 18.9. The van der Waals surface area contributed by atoms with E-state index in [0.717, 1.165) is 0 Å². The van der Waals surface area contributed by atoms with Gasteiger partial charge in [-0.25, -0.2) is 4.98 Å². The van der Waals surface area contributed by atoms with Crippen molar-refractivity contribution in [3.63, 3.8) is 0 Å². The predicted octanol–water partition coefficient (Wildman–Crippen LogP) is 1.17. The van der Waals surface area contributed by atoms with E-state index in [1.807, 2.05) is 26.8 Å². The zero-order valence-corrected chi connectivity index (χ0v) is 16.2. The van der Waals surface area contributed by atoms with Gasteiger partial charge >= 0.3 is 0 Å². The summed E-state index contributed by atoms with van der Waals surface area (Å²) in [6.45, 7) is 9.10. The summed E-state index contributed by atoms with van der Waals surface area (Å²) in [4.78, 5) is 44.9. The molecule has 8 heteroatoms.